The van der Waals surface area contributed by atoms with Crippen molar-refractivity contribution >= 4 is 9.04 Å². The van der Waals surface area contributed by atoms with Gasteiger partial charge in [-0.3, -0.25) is 0 Å². The molecule has 0 fully saturated rings. The fourth-order valence-corrected chi connectivity index (χ4v) is 3.20. The van der Waals surface area contributed by atoms with Gasteiger partial charge >= 0.3 is 0 Å². The molecule has 0 heterocycles. The predicted molar refractivity (Wildman–Crippen MR) is 97.2 cm³/mol. The smallest absolute Gasteiger partial charge is 0.274 e. The van der Waals surface area contributed by atoms with E-state index in [1.165, 1.54) is 16.7 Å². The average Bonchev–Trinajstić information content (AvgIpc) is 2.46. The summed E-state index contributed by atoms with van der Waals surface area (Å²) in [7, 11) is -0.785. The Labute approximate surface area is 137 Å². The fraction of sp³-hybridized carbons (Fsp3) is 0.400. The molecule has 0 amide bonds. The number of hydrogen-bond acceptors (Lipinski definition) is 1. The Bertz CT molecular complexity index is 611. The second-order valence-corrected chi connectivity index (χ2v) is 9.17. The monoisotopic (exact) mass is 311 g/mol. The molecule has 0 bridgehead atoms. The number of benzene rings is 2. The van der Waals surface area contributed by atoms with Crippen molar-refractivity contribution in [2.45, 2.75) is 52.1 Å². The van der Waals surface area contributed by atoms with Crippen molar-refractivity contribution in [3.63, 3.8) is 0 Å². The highest BCUT2D eigenvalue weighted by Crippen LogP contribution is 2.35. The van der Waals surface area contributed by atoms with Gasteiger partial charge in [0.15, 0.2) is 0 Å². The number of hydrogen-bond donors (Lipinski definition) is 0. The molecule has 1 unspecified atom stereocenters. The van der Waals surface area contributed by atoms with Crippen LogP contribution >= 0.6 is 0 Å². The zero-order valence-corrected chi connectivity index (χ0v) is 15.6. The van der Waals surface area contributed by atoms with Gasteiger partial charge in [-0.25, -0.2) is 0 Å². The predicted octanol–water partition coefficient (Wildman–Crippen LogP) is 5.77. The Hall–Kier alpha value is -1.54. The highest BCUT2D eigenvalue weighted by Gasteiger charge is 2.20. The summed E-state index contributed by atoms with van der Waals surface area (Å²) in [6.07, 6.45) is 0. The highest BCUT2D eigenvalue weighted by atomic mass is 28.3. The summed E-state index contributed by atoms with van der Waals surface area (Å²) >= 11 is 0. The molecule has 117 valence electrons. The van der Waals surface area contributed by atoms with Crippen LogP contribution in [0.1, 0.15) is 50.3 Å². The van der Waals surface area contributed by atoms with E-state index < -0.39 is 9.04 Å². The van der Waals surface area contributed by atoms with Gasteiger partial charge in [0.1, 0.15) is 5.75 Å². The maximum Gasteiger partial charge on any atom is 0.274 e. The summed E-state index contributed by atoms with van der Waals surface area (Å²) in [5.41, 5.74) is 4.08. The number of rotatable bonds is 4. The van der Waals surface area contributed by atoms with Gasteiger partial charge in [-0.05, 0) is 41.3 Å². The standard InChI is InChI=1S/C20H27OSi/c1-15(16-10-8-7-9-11-16)18-13-12-17(20(2,3)4)14-19(18)21-22(5)6/h7-15H,1-6H3. The van der Waals surface area contributed by atoms with Gasteiger partial charge in [0.25, 0.3) is 9.04 Å². The summed E-state index contributed by atoms with van der Waals surface area (Å²) in [6, 6.07) is 17.4. The van der Waals surface area contributed by atoms with E-state index in [2.05, 4.69) is 89.3 Å². The van der Waals surface area contributed by atoms with E-state index in [1.807, 2.05) is 0 Å². The fourth-order valence-electron chi connectivity index (χ4n) is 2.59. The minimum absolute atomic E-state index is 0.140. The molecule has 2 rings (SSSR count). The summed E-state index contributed by atoms with van der Waals surface area (Å²) in [4.78, 5) is 0. The van der Waals surface area contributed by atoms with Crippen LogP contribution < -0.4 is 4.43 Å². The summed E-state index contributed by atoms with van der Waals surface area (Å²) in [6.45, 7) is 13.4. The lowest BCUT2D eigenvalue weighted by Crippen LogP contribution is -2.16. The van der Waals surface area contributed by atoms with Crippen LogP contribution in [-0.4, -0.2) is 9.04 Å². The van der Waals surface area contributed by atoms with Gasteiger partial charge in [-0.2, -0.15) is 0 Å². The van der Waals surface area contributed by atoms with Crippen LogP contribution in [0.25, 0.3) is 0 Å². The first-order chi connectivity index (χ1) is 10.3. The molecular formula is C20H27OSi. The van der Waals surface area contributed by atoms with E-state index in [4.69, 9.17) is 4.43 Å². The topological polar surface area (TPSA) is 9.23 Å². The Kier molecular flexibility index (Phi) is 5.12. The van der Waals surface area contributed by atoms with Gasteiger partial charge in [-0.15, -0.1) is 0 Å². The Morgan fingerprint density at radius 3 is 2.14 bits per heavy atom. The molecule has 0 aromatic heterocycles. The van der Waals surface area contributed by atoms with Crippen LogP contribution in [0.5, 0.6) is 5.75 Å². The van der Waals surface area contributed by atoms with Crippen molar-refractivity contribution in [3.8, 4) is 5.75 Å². The molecule has 0 aliphatic rings. The Morgan fingerprint density at radius 1 is 0.955 bits per heavy atom. The molecule has 0 aliphatic carbocycles. The van der Waals surface area contributed by atoms with Crippen molar-refractivity contribution in [1.29, 1.82) is 0 Å². The Balaban J connectivity index is 2.46. The van der Waals surface area contributed by atoms with E-state index in [9.17, 15) is 0 Å². The maximum atomic E-state index is 6.23. The quantitative estimate of drug-likeness (QED) is 0.652. The van der Waals surface area contributed by atoms with Crippen LogP contribution in [-0.2, 0) is 5.41 Å². The molecule has 1 atom stereocenters. The maximum absolute atomic E-state index is 6.23. The van der Waals surface area contributed by atoms with Crippen LogP contribution in [0.4, 0.5) is 0 Å². The molecular weight excluding hydrogens is 284 g/mol. The minimum Gasteiger partial charge on any atom is -0.542 e. The largest absolute Gasteiger partial charge is 0.542 e. The van der Waals surface area contributed by atoms with E-state index >= 15 is 0 Å². The lowest BCUT2D eigenvalue weighted by atomic mass is 9.84. The first-order valence-corrected chi connectivity index (χ1v) is 10.4. The minimum atomic E-state index is -0.785. The van der Waals surface area contributed by atoms with Crippen LogP contribution in [0.3, 0.4) is 0 Å². The SMILES string of the molecule is CC(c1ccccc1)c1ccc(C(C)(C)C)cc1O[Si](C)C. The zero-order chi connectivity index (χ0) is 16.3. The molecule has 2 aromatic carbocycles. The van der Waals surface area contributed by atoms with Crippen molar-refractivity contribution < 1.29 is 4.43 Å². The summed E-state index contributed by atoms with van der Waals surface area (Å²) in [5.74, 6) is 1.40. The molecule has 0 N–H and O–H groups in total. The summed E-state index contributed by atoms with van der Waals surface area (Å²) in [5, 5.41) is 0. The van der Waals surface area contributed by atoms with E-state index in [-0.39, 0.29) is 5.41 Å². The first kappa shape index (κ1) is 16.8. The van der Waals surface area contributed by atoms with Crippen LogP contribution in [0.2, 0.25) is 13.1 Å². The van der Waals surface area contributed by atoms with Crippen molar-refractivity contribution in [2.24, 2.45) is 0 Å². The van der Waals surface area contributed by atoms with Gasteiger partial charge in [0, 0.05) is 5.92 Å². The molecule has 1 nitrogen and oxygen atoms in total. The molecule has 22 heavy (non-hydrogen) atoms. The normalized spacial score (nSPS) is 13.2. The lowest BCUT2D eigenvalue weighted by molar-refractivity contribution is 0.551. The van der Waals surface area contributed by atoms with Gasteiger partial charge in [-0.1, -0.05) is 70.2 Å². The third-order valence-corrected chi connectivity index (χ3v) is 4.59. The second-order valence-electron chi connectivity index (χ2n) is 7.15. The van der Waals surface area contributed by atoms with Crippen molar-refractivity contribution in [3.05, 3.63) is 65.2 Å². The third-order valence-electron chi connectivity index (χ3n) is 3.96. The lowest BCUT2D eigenvalue weighted by Gasteiger charge is -2.24. The molecule has 0 saturated carbocycles. The summed E-state index contributed by atoms with van der Waals surface area (Å²) < 4.78 is 6.23. The highest BCUT2D eigenvalue weighted by molar-refractivity contribution is 6.49. The second kappa shape index (κ2) is 6.70. The molecule has 0 saturated heterocycles. The zero-order valence-electron chi connectivity index (χ0n) is 14.6. The Morgan fingerprint density at radius 2 is 1.59 bits per heavy atom. The van der Waals surface area contributed by atoms with E-state index in [0.717, 1.165) is 5.75 Å². The molecule has 2 heteroatoms. The molecule has 1 radical (unpaired) electrons. The average molecular weight is 312 g/mol. The van der Waals surface area contributed by atoms with Crippen molar-refractivity contribution in [1.82, 2.24) is 0 Å². The molecule has 0 aliphatic heterocycles. The van der Waals surface area contributed by atoms with Gasteiger partial charge in [0.05, 0.1) is 0 Å². The van der Waals surface area contributed by atoms with Gasteiger partial charge < -0.3 is 4.43 Å². The molecule has 0 spiro atoms. The first-order valence-electron chi connectivity index (χ1n) is 7.96. The van der Waals surface area contributed by atoms with Gasteiger partial charge in [0.2, 0.25) is 0 Å². The van der Waals surface area contributed by atoms with E-state index in [1.54, 1.807) is 0 Å². The van der Waals surface area contributed by atoms with E-state index in [0.29, 0.717) is 5.92 Å². The van der Waals surface area contributed by atoms with Crippen LogP contribution in [0, 0.1) is 0 Å². The van der Waals surface area contributed by atoms with Crippen LogP contribution in [0.15, 0.2) is 48.5 Å². The third kappa shape index (κ3) is 4.01. The molecule has 2 aromatic rings. The van der Waals surface area contributed by atoms with Crippen molar-refractivity contribution in [2.75, 3.05) is 0 Å².